The number of benzene rings is 3. The van der Waals surface area contributed by atoms with Crippen LogP contribution in [-0.2, 0) is 10.0 Å². The van der Waals surface area contributed by atoms with Crippen molar-refractivity contribution in [1.82, 2.24) is 4.41 Å². The van der Waals surface area contributed by atoms with Crippen molar-refractivity contribution in [3.63, 3.8) is 0 Å². The van der Waals surface area contributed by atoms with Gasteiger partial charge in [-0.1, -0.05) is 52.3 Å². The summed E-state index contributed by atoms with van der Waals surface area (Å²) in [7, 11) is -4.21. The molecule has 3 aromatic rings. The fourth-order valence-corrected chi connectivity index (χ4v) is 3.59. The number of ether oxygens (including phenoxy) is 1. The van der Waals surface area contributed by atoms with Crippen LogP contribution in [0, 0.1) is 0 Å². The van der Waals surface area contributed by atoms with E-state index in [1.54, 1.807) is 72.8 Å². The minimum atomic E-state index is -4.21. The maximum absolute atomic E-state index is 13.0. The number of para-hydroxylation sites is 2. The SMILES string of the molecule is O=C(Oc1ccccc1)N(Nc1ccccc1)S(=O)(=O)c1ccc(Br)cc1. The van der Waals surface area contributed by atoms with E-state index in [1.807, 2.05) is 0 Å². The first-order valence-corrected chi connectivity index (χ1v) is 10.1. The van der Waals surface area contributed by atoms with Gasteiger partial charge in [0, 0.05) is 4.47 Å². The van der Waals surface area contributed by atoms with Gasteiger partial charge in [0.1, 0.15) is 5.75 Å². The maximum Gasteiger partial charge on any atom is 0.449 e. The predicted octanol–water partition coefficient (Wildman–Crippen LogP) is 4.67. The van der Waals surface area contributed by atoms with Crippen molar-refractivity contribution in [2.24, 2.45) is 0 Å². The molecule has 1 amide bonds. The standard InChI is InChI=1S/C19H15BrN2O4S/c20-15-11-13-18(14-12-15)27(24,25)22(21-16-7-3-1-4-8-16)19(23)26-17-9-5-2-6-10-17/h1-14,21H. The van der Waals surface area contributed by atoms with E-state index >= 15 is 0 Å². The molecule has 138 valence electrons. The second-order valence-corrected chi connectivity index (χ2v) is 8.08. The Balaban J connectivity index is 1.96. The summed E-state index contributed by atoms with van der Waals surface area (Å²) >= 11 is 3.26. The normalized spacial score (nSPS) is 10.9. The van der Waals surface area contributed by atoms with E-state index in [9.17, 15) is 13.2 Å². The van der Waals surface area contributed by atoms with Gasteiger partial charge < -0.3 is 4.74 Å². The number of carbonyl (C=O) groups is 1. The van der Waals surface area contributed by atoms with Crippen molar-refractivity contribution >= 4 is 37.7 Å². The number of anilines is 1. The lowest BCUT2D eigenvalue weighted by Gasteiger charge is -2.23. The van der Waals surface area contributed by atoms with Crippen molar-refractivity contribution in [2.75, 3.05) is 5.43 Å². The van der Waals surface area contributed by atoms with Gasteiger partial charge in [0.25, 0.3) is 10.0 Å². The molecule has 0 heterocycles. The van der Waals surface area contributed by atoms with Gasteiger partial charge in [0.2, 0.25) is 0 Å². The summed E-state index contributed by atoms with van der Waals surface area (Å²) in [5, 5.41) is 0. The molecule has 27 heavy (non-hydrogen) atoms. The van der Waals surface area contributed by atoms with Crippen LogP contribution in [0.3, 0.4) is 0 Å². The summed E-state index contributed by atoms with van der Waals surface area (Å²) in [5.41, 5.74) is 3.03. The molecular formula is C19H15BrN2O4S. The number of hydrogen-bond acceptors (Lipinski definition) is 5. The molecule has 8 heteroatoms. The Bertz CT molecular complexity index is 1010. The number of nitrogens with one attached hydrogen (secondary N) is 1. The molecule has 0 saturated carbocycles. The number of nitrogens with zero attached hydrogens (tertiary/aromatic N) is 1. The van der Waals surface area contributed by atoms with Crippen LogP contribution in [0.25, 0.3) is 0 Å². The van der Waals surface area contributed by atoms with Crippen LogP contribution in [0.2, 0.25) is 0 Å². The largest absolute Gasteiger partial charge is 0.449 e. The number of carbonyl (C=O) groups excluding carboxylic acids is 1. The van der Waals surface area contributed by atoms with E-state index in [-0.39, 0.29) is 10.6 Å². The van der Waals surface area contributed by atoms with E-state index < -0.39 is 16.1 Å². The molecule has 3 rings (SSSR count). The predicted molar refractivity (Wildman–Crippen MR) is 106 cm³/mol. The monoisotopic (exact) mass is 446 g/mol. The van der Waals surface area contributed by atoms with E-state index in [4.69, 9.17) is 4.74 Å². The van der Waals surface area contributed by atoms with Crippen molar-refractivity contribution in [3.8, 4) is 5.75 Å². The van der Waals surface area contributed by atoms with Gasteiger partial charge in [-0.25, -0.2) is 4.79 Å². The highest BCUT2D eigenvalue weighted by Gasteiger charge is 2.31. The summed E-state index contributed by atoms with van der Waals surface area (Å²) in [4.78, 5) is 12.6. The lowest BCUT2D eigenvalue weighted by molar-refractivity contribution is 0.184. The van der Waals surface area contributed by atoms with E-state index in [0.717, 1.165) is 4.47 Å². The summed E-state index contributed by atoms with van der Waals surface area (Å²) in [6.07, 6.45) is -1.08. The van der Waals surface area contributed by atoms with Crippen LogP contribution >= 0.6 is 15.9 Å². The topological polar surface area (TPSA) is 75.7 Å². The van der Waals surface area contributed by atoms with E-state index in [1.165, 1.54) is 12.1 Å². The third-order valence-electron chi connectivity index (χ3n) is 3.47. The number of halogens is 1. The molecular weight excluding hydrogens is 432 g/mol. The highest BCUT2D eigenvalue weighted by molar-refractivity contribution is 9.10. The van der Waals surface area contributed by atoms with Gasteiger partial charge in [-0.15, -0.1) is 4.41 Å². The summed E-state index contributed by atoms with van der Waals surface area (Å²) < 4.78 is 32.5. The highest BCUT2D eigenvalue weighted by atomic mass is 79.9. The minimum Gasteiger partial charge on any atom is -0.408 e. The lowest BCUT2D eigenvalue weighted by atomic mass is 10.3. The first-order valence-electron chi connectivity index (χ1n) is 7.86. The molecule has 0 saturated heterocycles. The molecule has 0 aromatic heterocycles. The second-order valence-electron chi connectivity index (χ2n) is 5.38. The van der Waals surface area contributed by atoms with Crippen LogP contribution in [-0.4, -0.2) is 18.9 Å². The van der Waals surface area contributed by atoms with Gasteiger partial charge in [-0.2, -0.15) is 8.42 Å². The number of amides is 1. The van der Waals surface area contributed by atoms with Crippen LogP contribution in [0.5, 0.6) is 5.75 Å². The van der Waals surface area contributed by atoms with Crippen LogP contribution in [0.15, 0.2) is 94.3 Å². The van der Waals surface area contributed by atoms with Gasteiger partial charge in [0.15, 0.2) is 0 Å². The number of sulfonamides is 1. The summed E-state index contributed by atoms with van der Waals surface area (Å²) in [6.45, 7) is 0. The lowest BCUT2D eigenvalue weighted by Crippen LogP contribution is -2.43. The van der Waals surface area contributed by atoms with Gasteiger partial charge in [-0.3, -0.25) is 5.43 Å². The number of rotatable bonds is 5. The first kappa shape index (κ1) is 18.9. The zero-order chi connectivity index (χ0) is 19.3. The number of hydrogen-bond donors (Lipinski definition) is 1. The fourth-order valence-electron chi connectivity index (χ4n) is 2.18. The molecule has 0 aliphatic heterocycles. The van der Waals surface area contributed by atoms with Gasteiger partial charge >= 0.3 is 6.09 Å². The molecule has 0 atom stereocenters. The Morgan fingerprint density at radius 2 is 1.41 bits per heavy atom. The Kier molecular flexibility index (Phi) is 5.78. The van der Waals surface area contributed by atoms with Crippen LogP contribution in [0.4, 0.5) is 10.5 Å². The maximum atomic E-state index is 13.0. The summed E-state index contributed by atoms with van der Waals surface area (Å²) in [5.74, 6) is 0.230. The second kappa shape index (κ2) is 8.24. The Morgan fingerprint density at radius 1 is 0.852 bits per heavy atom. The average molecular weight is 447 g/mol. The van der Waals surface area contributed by atoms with Gasteiger partial charge in [0.05, 0.1) is 10.6 Å². The third-order valence-corrected chi connectivity index (χ3v) is 5.59. The molecule has 0 bridgehead atoms. The van der Waals surface area contributed by atoms with Gasteiger partial charge in [-0.05, 0) is 48.5 Å². The molecule has 0 aliphatic carbocycles. The molecule has 0 aliphatic rings. The minimum absolute atomic E-state index is 0.0563. The Hall–Kier alpha value is -2.84. The highest BCUT2D eigenvalue weighted by Crippen LogP contribution is 2.22. The molecule has 1 N–H and O–H groups in total. The van der Waals surface area contributed by atoms with E-state index in [2.05, 4.69) is 21.4 Å². The van der Waals surface area contributed by atoms with Crippen molar-refractivity contribution in [1.29, 1.82) is 0 Å². The van der Waals surface area contributed by atoms with Crippen molar-refractivity contribution in [2.45, 2.75) is 4.90 Å². The first-order chi connectivity index (χ1) is 13.0. The van der Waals surface area contributed by atoms with E-state index in [0.29, 0.717) is 10.1 Å². The molecule has 0 fully saturated rings. The fraction of sp³-hybridized carbons (Fsp3) is 0. The quantitative estimate of drug-likeness (QED) is 0.576. The Labute approximate surface area is 165 Å². The molecule has 3 aromatic carbocycles. The summed E-state index contributed by atoms with van der Waals surface area (Å²) in [6, 6.07) is 22.7. The van der Waals surface area contributed by atoms with Crippen molar-refractivity contribution < 1.29 is 17.9 Å². The Morgan fingerprint density at radius 3 is 2.00 bits per heavy atom. The van der Waals surface area contributed by atoms with Crippen molar-refractivity contribution in [3.05, 3.63) is 89.4 Å². The molecule has 0 unspecified atom stereocenters. The molecule has 0 radical (unpaired) electrons. The van der Waals surface area contributed by atoms with Crippen LogP contribution < -0.4 is 10.2 Å². The zero-order valence-corrected chi connectivity index (χ0v) is 16.4. The third kappa shape index (κ3) is 4.66. The smallest absolute Gasteiger partial charge is 0.408 e. The molecule has 0 spiro atoms. The zero-order valence-electron chi connectivity index (χ0n) is 13.9. The average Bonchev–Trinajstić information content (AvgIpc) is 2.68. The molecule has 6 nitrogen and oxygen atoms in total. The number of hydrazine groups is 1. The van der Waals surface area contributed by atoms with Crippen LogP contribution in [0.1, 0.15) is 0 Å².